The molecular formula is C9H11NaO4S. The molecule has 15 heavy (non-hydrogen) atoms. The molecule has 2 unspecified atom stereocenters. The molecule has 0 aromatic heterocycles. The molecule has 4 nitrogen and oxygen atoms in total. The van der Waals surface area contributed by atoms with E-state index in [1.165, 1.54) is 6.92 Å². The van der Waals surface area contributed by atoms with Crippen molar-refractivity contribution in [2.24, 2.45) is 0 Å². The van der Waals surface area contributed by atoms with Crippen LogP contribution in [0.1, 0.15) is 18.4 Å². The molecule has 0 saturated heterocycles. The Morgan fingerprint density at radius 3 is 2.13 bits per heavy atom. The van der Waals surface area contributed by atoms with Crippen LogP contribution in [-0.2, 0) is 10.1 Å². The quantitative estimate of drug-likeness (QED) is 0.473. The largest absolute Gasteiger partial charge is 1.00 e. The first-order chi connectivity index (χ1) is 6.43. The predicted molar refractivity (Wildman–Crippen MR) is 50.6 cm³/mol. The summed E-state index contributed by atoms with van der Waals surface area (Å²) in [6.07, 6.45) is 0. The van der Waals surface area contributed by atoms with Gasteiger partial charge in [-0.25, -0.2) is 8.42 Å². The van der Waals surface area contributed by atoms with E-state index < -0.39 is 21.5 Å². The number of benzene rings is 1. The van der Waals surface area contributed by atoms with Gasteiger partial charge in [0.25, 0.3) is 0 Å². The third-order valence-electron chi connectivity index (χ3n) is 2.05. The molecule has 1 aromatic rings. The van der Waals surface area contributed by atoms with E-state index in [1.54, 1.807) is 30.3 Å². The Hall–Kier alpha value is 0.0900. The van der Waals surface area contributed by atoms with Gasteiger partial charge in [0.2, 0.25) is 0 Å². The van der Waals surface area contributed by atoms with Crippen molar-refractivity contribution in [3.63, 3.8) is 0 Å². The summed E-state index contributed by atoms with van der Waals surface area (Å²) in [5.41, 5.74) is -1.26. The van der Waals surface area contributed by atoms with Crippen molar-refractivity contribution in [1.82, 2.24) is 0 Å². The van der Waals surface area contributed by atoms with Crippen LogP contribution < -0.4 is 29.6 Å². The van der Waals surface area contributed by atoms with Crippen LogP contribution in [0.3, 0.4) is 0 Å². The van der Waals surface area contributed by atoms with Gasteiger partial charge in [0, 0.05) is 5.92 Å². The predicted octanol–water partition coefficient (Wildman–Crippen LogP) is -2.34. The van der Waals surface area contributed by atoms with Crippen LogP contribution in [0, 0.1) is 0 Å². The minimum atomic E-state index is -4.64. The Morgan fingerprint density at radius 2 is 1.73 bits per heavy atom. The van der Waals surface area contributed by atoms with Gasteiger partial charge in [0.15, 0.2) is 0 Å². The van der Waals surface area contributed by atoms with Crippen molar-refractivity contribution in [2.75, 3.05) is 0 Å². The first-order valence-corrected chi connectivity index (χ1v) is 5.58. The molecule has 0 spiro atoms. The molecule has 1 N–H and O–H groups in total. The maximum atomic E-state index is 10.5. The van der Waals surface area contributed by atoms with E-state index >= 15 is 0 Å². The van der Waals surface area contributed by atoms with Gasteiger partial charge in [-0.2, -0.15) is 0 Å². The van der Waals surface area contributed by atoms with Gasteiger partial charge in [0.05, 0.1) is 0 Å². The van der Waals surface area contributed by atoms with E-state index in [9.17, 15) is 18.1 Å². The second-order valence-electron chi connectivity index (χ2n) is 3.08. The molecule has 1 aromatic carbocycles. The topological polar surface area (TPSA) is 77.4 Å². The van der Waals surface area contributed by atoms with Crippen molar-refractivity contribution < 1.29 is 47.6 Å². The first-order valence-electron chi connectivity index (χ1n) is 4.10. The fraction of sp³-hybridized carbons (Fsp3) is 0.333. The van der Waals surface area contributed by atoms with Gasteiger partial charge >= 0.3 is 29.6 Å². The van der Waals surface area contributed by atoms with Crippen molar-refractivity contribution in [1.29, 1.82) is 0 Å². The Kier molecular flexibility index (Phi) is 6.02. The minimum Gasteiger partial charge on any atom is -0.746 e. The summed E-state index contributed by atoms with van der Waals surface area (Å²) in [4.78, 5) is 0. The van der Waals surface area contributed by atoms with Crippen molar-refractivity contribution in [3.8, 4) is 0 Å². The van der Waals surface area contributed by atoms with Gasteiger partial charge in [0.1, 0.15) is 15.6 Å². The van der Waals surface area contributed by atoms with Gasteiger partial charge in [-0.3, -0.25) is 0 Å². The molecule has 0 saturated carbocycles. The Labute approximate surface area is 111 Å². The first kappa shape index (κ1) is 15.1. The SMILES string of the molecule is CC(c1ccccc1)C(O)S(=O)(=O)[O-].[Na+]. The van der Waals surface area contributed by atoms with Crippen LogP contribution in [0.15, 0.2) is 30.3 Å². The molecule has 0 aliphatic rings. The molecule has 0 aliphatic carbocycles. The number of hydrogen-bond acceptors (Lipinski definition) is 4. The summed E-state index contributed by atoms with van der Waals surface area (Å²) < 4.78 is 31.6. The van der Waals surface area contributed by atoms with Gasteiger partial charge in [-0.1, -0.05) is 37.3 Å². The number of hydrogen-bond donors (Lipinski definition) is 1. The zero-order valence-corrected chi connectivity index (χ0v) is 11.4. The van der Waals surface area contributed by atoms with Crippen molar-refractivity contribution >= 4 is 10.1 Å². The van der Waals surface area contributed by atoms with Gasteiger partial charge in [-0.05, 0) is 5.56 Å². The fourth-order valence-corrected chi connectivity index (χ4v) is 1.83. The zero-order chi connectivity index (χ0) is 10.8. The van der Waals surface area contributed by atoms with Crippen LogP contribution in [-0.4, -0.2) is 23.5 Å². The fourth-order valence-electron chi connectivity index (χ4n) is 1.17. The third kappa shape index (κ3) is 4.22. The average Bonchev–Trinajstić information content (AvgIpc) is 2.15. The van der Waals surface area contributed by atoms with Crippen LogP contribution in [0.4, 0.5) is 0 Å². The second kappa shape index (κ2) is 5.98. The molecule has 0 aliphatic heterocycles. The molecule has 0 radical (unpaired) electrons. The van der Waals surface area contributed by atoms with E-state index in [2.05, 4.69) is 0 Å². The second-order valence-corrected chi connectivity index (χ2v) is 4.55. The van der Waals surface area contributed by atoms with Crippen molar-refractivity contribution in [2.45, 2.75) is 18.3 Å². The van der Waals surface area contributed by atoms with E-state index in [0.29, 0.717) is 5.56 Å². The molecule has 0 fully saturated rings. The zero-order valence-electron chi connectivity index (χ0n) is 8.62. The van der Waals surface area contributed by atoms with Crippen molar-refractivity contribution in [3.05, 3.63) is 35.9 Å². The monoisotopic (exact) mass is 238 g/mol. The smallest absolute Gasteiger partial charge is 0.746 e. The van der Waals surface area contributed by atoms with E-state index in [0.717, 1.165) is 0 Å². The van der Waals surface area contributed by atoms with Crippen LogP contribution in [0.2, 0.25) is 0 Å². The Bertz CT molecular complexity index is 390. The third-order valence-corrected chi connectivity index (χ3v) is 3.05. The van der Waals surface area contributed by atoms with E-state index in [1.807, 2.05) is 0 Å². The van der Waals surface area contributed by atoms with Crippen LogP contribution in [0.25, 0.3) is 0 Å². The summed E-state index contributed by atoms with van der Waals surface area (Å²) in [5.74, 6) is -0.710. The minimum absolute atomic E-state index is 0. The number of aliphatic hydroxyl groups is 1. The van der Waals surface area contributed by atoms with Gasteiger partial charge in [-0.15, -0.1) is 0 Å². The molecule has 78 valence electrons. The number of aliphatic hydroxyl groups excluding tert-OH is 1. The number of rotatable bonds is 3. The molecule has 0 heterocycles. The molecule has 6 heteroatoms. The summed E-state index contributed by atoms with van der Waals surface area (Å²) in [5, 5.41) is 9.21. The Balaban J connectivity index is 0.00000196. The maximum absolute atomic E-state index is 10.5. The average molecular weight is 238 g/mol. The summed E-state index contributed by atoms with van der Waals surface area (Å²) in [7, 11) is -4.64. The molecule has 2 atom stereocenters. The maximum Gasteiger partial charge on any atom is 1.00 e. The molecule has 0 bridgehead atoms. The van der Waals surface area contributed by atoms with E-state index in [4.69, 9.17) is 0 Å². The van der Waals surface area contributed by atoms with E-state index in [-0.39, 0.29) is 29.6 Å². The van der Waals surface area contributed by atoms with Gasteiger partial charge < -0.3 is 9.66 Å². The molecule has 1 rings (SSSR count). The molecule has 0 amide bonds. The van der Waals surface area contributed by atoms with Crippen LogP contribution >= 0.6 is 0 Å². The summed E-state index contributed by atoms with van der Waals surface area (Å²) >= 11 is 0. The summed E-state index contributed by atoms with van der Waals surface area (Å²) in [6.45, 7) is 1.50. The Morgan fingerprint density at radius 1 is 1.27 bits per heavy atom. The summed E-state index contributed by atoms with van der Waals surface area (Å²) in [6, 6.07) is 8.54. The normalized spacial score (nSPS) is 15.1. The molecular weight excluding hydrogens is 227 g/mol. The standard InChI is InChI=1S/C9H12O4S.Na/c1-7(9(10)14(11,12)13)8-5-3-2-4-6-8;/h2-7,9-10H,1H3,(H,11,12,13);/q;+1/p-1. The van der Waals surface area contributed by atoms with Crippen LogP contribution in [0.5, 0.6) is 0 Å².